The SMILES string of the molecule is C/C(=C\c1ccco1)CN1CCC[C@H](CNC(=O)c2ccc3c(c2)OCO3)C1. The van der Waals surface area contributed by atoms with Gasteiger partial charge in [-0.3, -0.25) is 9.69 Å². The Morgan fingerprint density at radius 2 is 2.18 bits per heavy atom. The summed E-state index contributed by atoms with van der Waals surface area (Å²) in [7, 11) is 0. The molecule has 2 aliphatic rings. The van der Waals surface area contributed by atoms with Crippen LogP contribution in [-0.4, -0.2) is 43.8 Å². The minimum absolute atomic E-state index is 0.0654. The lowest BCUT2D eigenvalue weighted by Gasteiger charge is -2.33. The Hall–Kier alpha value is -2.73. The molecule has 0 aliphatic carbocycles. The first-order chi connectivity index (χ1) is 13.7. The van der Waals surface area contributed by atoms with E-state index in [1.807, 2.05) is 12.1 Å². The van der Waals surface area contributed by atoms with Crippen molar-refractivity contribution in [3.05, 3.63) is 53.5 Å². The number of hydrogen-bond donors (Lipinski definition) is 1. The molecule has 2 aliphatic heterocycles. The summed E-state index contributed by atoms with van der Waals surface area (Å²) < 4.78 is 16.0. The van der Waals surface area contributed by atoms with Crippen LogP contribution in [-0.2, 0) is 0 Å². The maximum absolute atomic E-state index is 12.5. The number of rotatable bonds is 6. The molecule has 148 valence electrons. The van der Waals surface area contributed by atoms with Crippen molar-refractivity contribution in [1.82, 2.24) is 10.2 Å². The van der Waals surface area contributed by atoms with Crippen molar-refractivity contribution in [3.63, 3.8) is 0 Å². The highest BCUT2D eigenvalue weighted by Crippen LogP contribution is 2.32. The van der Waals surface area contributed by atoms with E-state index in [1.54, 1.807) is 24.5 Å². The van der Waals surface area contributed by atoms with Crippen LogP contribution in [0.2, 0.25) is 0 Å². The number of fused-ring (bicyclic) bond motifs is 1. The van der Waals surface area contributed by atoms with Gasteiger partial charge in [0.25, 0.3) is 5.91 Å². The van der Waals surface area contributed by atoms with Crippen LogP contribution >= 0.6 is 0 Å². The average molecular weight is 382 g/mol. The van der Waals surface area contributed by atoms with E-state index in [0.29, 0.717) is 29.5 Å². The van der Waals surface area contributed by atoms with Crippen LogP contribution in [0.25, 0.3) is 6.08 Å². The molecule has 1 atom stereocenters. The van der Waals surface area contributed by atoms with E-state index in [9.17, 15) is 4.79 Å². The summed E-state index contributed by atoms with van der Waals surface area (Å²) in [5, 5.41) is 3.08. The Labute approximate surface area is 165 Å². The van der Waals surface area contributed by atoms with Gasteiger partial charge in [-0.15, -0.1) is 0 Å². The molecule has 0 unspecified atom stereocenters. The van der Waals surface area contributed by atoms with Gasteiger partial charge in [-0.25, -0.2) is 0 Å². The summed E-state index contributed by atoms with van der Waals surface area (Å²) in [5.41, 5.74) is 1.88. The first kappa shape index (κ1) is 18.6. The minimum Gasteiger partial charge on any atom is -0.465 e. The fourth-order valence-corrected chi connectivity index (χ4v) is 3.85. The molecular formula is C22H26N2O4. The number of nitrogens with zero attached hydrogens (tertiary/aromatic N) is 1. The number of carbonyl (C=O) groups is 1. The fraction of sp³-hybridized carbons (Fsp3) is 0.409. The molecule has 28 heavy (non-hydrogen) atoms. The molecule has 2 aromatic rings. The van der Waals surface area contributed by atoms with E-state index >= 15 is 0 Å². The standard InChI is InChI=1S/C22H26N2O4/c1-16(10-19-5-3-9-26-19)13-24-8-2-4-17(14-24)12-23-22(25)18-6-7-20-21(11-18)28-15-27-20/h3,5-7,9-11,17H,2,4,8,12-15H2,1H3,(H,23,25)/b16-10+/t17-/m1/s1. The summed E-state index contributed by atoms with van der Waals surface area (Å²) in [6, 6.07) is 9.17. The van der Waals surface area contributed by atoms with E-state index in [4.69, 9.17) is 13.9 Å². The van der Waals surface area contributed by atoms with Gasteiger partial charge in [0.05, 0.1) is 6.26 Å². The van der Waals surface area contributed by atoms with E-state index < -0.39 is 0 Å². The molecule has 1 amide bonds. The van der Waals surface area contributed by atoms with Gasteiger partial charge in [0, 0.05) is 25.2 Å². The first-order valence-corrected chi connectivity index (χ1v) is 9.78. The molecule has 1 N–H and O–H groups in total. The van der Waals surface area contributed by atoms with Gasteiger partial charge >= 0.3 is 0 Å². The number of carbonyl (C=O) groups excluding carboxylic acids is 1. The van der Waals surface area contributed by atoms with Gasteiger partial charge < -0.3 is 19.2 Å². The summed E-state index contributed by atoms with van der Waals surface area (Å²) in [6.45, 7) is 6.04. The number of benzene rings is 1. The Morgan fingerprint density at radius 3 is 3.04 bits per heavy atom. The van der Waals surface area contributed by atoms with Crippen molar-refractivity contribution in [3.8, 4) is 11.5 Å². The van der Waals surface area contributed by atoms with E-state index in [-0.39, 0.29) is 12.7 Å². The lowest BCUT2D eigenvalue weighted by Crippen LogP contribution is -2.41. The number of amides is 1. The molecule has 1 fully saturated rings. The summed E-state index contributed by atoms with van der Waals surface area (Å²) >= 11 is 0. The number of piperidine rings is 1. The van der Waals surface area contributed by atoms with Crippen molar-refractivity contribution in [2.75, 3.05) is 33.0 Å². The summed E-state index contributed by atoms with van der Waals surface area (Å²) in [6.07, 6.45) is 6.07. The number of likely N-dealkylation sites (tertiary alicyclic amines) is 1. The molecule has 0 radical (unpaired) electrons. The fourth-order valence-electron chi connectivity index (χ4n) is 3.85. The quantitative estimate of drug-likeness (QED) is 0.828. The Bertz CT molecular complexity index is 844. The third-order valence-electron chi connectivity index (χ3n) is 5.19. The second kappa shape index (κ2) is 8.52. The Balaban J connectivity index is 1.27. The van der Waals surface area contributed by atoms with E-state index in [2.05, 4.69) is 23.2 Å². The van der Waals surface area contributed by atoms with Gasteiger partial charge in [0.2, 0.25) is 6.79 Å². The van der Waals surface area contributed by atoms with Gasteiger partial charge in [-0.2, -0.15) is 0 Å². The number of furan rings is 1. The van der Waals surface area contributed by atoms with Crippen LogP contribution in [0.4, 0.5) is 0 Å². The van der Waals surface area contributed by atoms with Crippen molar-refractivity contribution in [1.29, 1.82) is 0 Å². The first-order valence-electron chi connectivity index (χ1n) is 9.78. The maximum Gasteiger partial charge on any atom is 0.251 e. The third-order valence-corrected chi connectivity index (χ3v) is 5.19. The van der Waals surface area contributed by atoms with Crippen LogP contribution < -0.4 is 14.8 Å². The third kappa shape index (κ3) is 4.57. The van der Waals surface area contributed by atoms with Crippen LogP contribution in [0.1, 0.15) is 35.9 Å². The highest BCUT2D eigenvalue weighted by atomic mass is 16.7. The molecule has 0 bridgehead atoms. The zero-order valence-electron chi connectivity index (χ0n) is 16.1. The molecule has 1 aromatic heterocycles. The normalized spacial score (nSPS) is 19.6. The largest absolute Gasteiger partial charge is 0.465 e. The molecule has 1 aromatic carbocycles. The molecule has 4 rings (SSSR count). The zero-order chi connectivity index (χ0) is 19.3. The Kier molecular flexibility index (Phi) is 5.67. The predicted molar refractivity (Wildman–Crippen MR) is 106 cm³/mol. The lowest BCUT2D eigenvalue weighted by atomic mass is 9.97. The van der Waals surface area contributed by atoms with Crippen LogP contribution in [0.5, 0.6) is 11.5 Å². The van der Waals surface area contributed by atoms with E-state index in [1.165, 1.54) is 5.57 Å². The van der Waals surface area contributed by atoms with Crippen LogP contribution in [0.15, 0.2) is 46.6 Å². The topological polar surface area (TPSA) is 63.9 Å². The predicted octanol–water partition coefficient (Wildman–Crippen LogP) is 3.55. The second-order valence-corrected chi connectivity index (χ2v) is 7.53. The molecule has 1 saturated heterocycles. The van der Waals surface area contributed by atoms with Crippen molar-refractivity contribution >= 4 is 12.0 Å². The Morgan fingerprint density at radius 1 is 1.29 bits per heavy atom. The summed E-state index contributed by atoms with van der Waals surface area (Å²) in [5.74, 6) is 2.61. The number of nitrogens with one attached hydrogen (secondary N) is 1. The number of ether oxygens (including phenoxy) is 2. The second-order valence-electron chi connectivity index (χ2n) is 7.53. The number of hydrogen-bond acceptors (Lipinski definition) is 5. The molecule has 0 saturated carbocycles. The van der Waals surface area contributed by atoms with Gasteiger partial charge in [0.15, 0.2) is 11.5 Å². The molecule has 6 nitrogen and oxygen atoms in total. The summed E-state index contributed by atoms with van der Waals surface area (Å²) in [4.78, 5) is 14.9. The van der Waals surface area contributed by atoms with Gasteiger partial charge in [0.1, 0.15) is 5.76 Å². The highest BCUT2D eigenvalue weighted by Gasteiger charge is 2.21. The molecular weight excluding hydrogens is 356 g/mol. The minimum atomic E-state index is -0.0654. The van der Waals surface area contributed by atoms with Gasteiger partial charge in [-0.1, -0.05) is 5.57 Å². The van der Waals surface area contributed by atoms with Crippen molar-refractivity contribution in [2.24, 2.45) is 5.92 Å². The molecule has 3 heterocycles. The maximum atomic E-state index is 12.5. The van der Waals surface area contributed by atoms with Gasteiger partial charge in [-0.05, 0) is 68.6 Å². The molecule has 0 spiro atoms. The van der Waals surface area contributed by atoms with Crippen molar-refractivity contribution < 1.29 is 18.7 Å². The smallest absolute Gasteiger partial charge is 0.251 e. The highest BCUT2D eigenvalue weighted by molar-refractivity contribution is 5.94. The van der Waals surface area contributed by atoms with Crippen molar-refractivity contribution in [2.45, 2.75) is 19.8 Å². The average Bonchev–Trinajstić information content (AvgIpc) is 3.37. The molecule has 6 heteroatoms. The van der Waals surface area contributed by atoms with Crippen LogP contribution in [0.3, 0.4) is 0 Å². The van der Waals surface area contributed by atoms with Crippen LogP contribution in [0, 0.1) is 5.92 Å². The van der Waals surface area contributed by atoms with E-state index in [0.717, 1.165) is 38.2 Å². The monoisotopic (exact) mass is 382 g/mol. The lowest BCUT2D eigenvalue weighted by molar-refractivity contribution is 0.0934. The zero-order valence-corrected chi connectivity index (χ0v) is 16.1.